The van der Waals surface area contributed by atoms with Crippen molar-refractivity contribution < 1.29 is 18.6 Å². The molecule has 0 atom stereocenters. The highest BCUT2D eigenvalue weighted by atomic mass is 19.3. The average Bonchev–Trinajstić information content (AvgIpc) is 2.70. The SMILES string of the molecule is O=c1c2ccc(N3CCN(CC4(O)CCOCC4)CC3)cc2ncn1CC(F)F. The Morgan fingerprint density at radius 3 is 2.59 bits per heavy atom. The number of nitrogens with zero attached hydrogens (tertiary/aromatic N) is 4. The molecule has 0 radical (unpaired) electrons. The fourth-order valence-corrected chi connectivity index (χ4v) is 4.11. The van der Waals surface area contributed by atoms with Crippen LogP contribution < -0.4 is 10.5 Å². The third-order valence-electron chi connectivity index (χ3n) is 5.82. The van der Waals surface area contributed by atoms with Crippen molar-refractivity contribution in [2.24, 2.45) is 0 Å². The van der Waals surface area contributed by atoms with Gasteiger partial charge in [-0.1, -0.05) is 0 Å². The number of ether oxygens (including phenoxy) is 1. The van der Waals surface area contributed by atoms with E-state index >= 15 is 0 Å². The molecule has 158 valence electrons. The molecule has 9 heteroatoms. The van der Waals surface area contributed by atoms with Crippen LogP contribution in [0.1, 0.15) is 12.8 Å². The van der Waals surface area contributed by atoms with Crippen molar-refractivity contribution in [1.82, 2.24) is 14.5 Å². The molecule has 2 aromatic rings. The van der Waals surface area contributed by atoms with E-state index in [9.17, 15) is 18.7 Å². The average molecular weight is 408 g/mol. The van der Waals surface area contributed by atoms with Crippen LogP contribution in [0.3, 0.4) is 0 Å². The molecule has 1 aromatic carbocycles. The van der Waals surface area contributed by atoms with Gasteiger partial charge < -0.3 is 14.7 Å². The van der Waals surface area contributed by atoms with Crippen LogP contribution in [-0.2, 0) is 11.3 Å². The minimum absolute atomic E-state index is 0.345. The van der Waals surface area contributed by atoms with Gasteiger partial charge in [0.05, 0.1) is 29.4 Å². The monoisotopic (exact) mass is 408 g/mol. The Balaban J connectivity index is 1.42. The molecular formula is C20H26F2N4O3. The van der Waals surface area contributed by atoms with Crippen LogP contribution in [0.2, 0.25) is 0 Å². The lowest BCUT2D eigenvalue weighted by Crippen LogP contribution is -2.53. The van der Waals surface area contributed by atoms with Gasteiger partial charge in [0.25, 0.3) is 12.0 Å². The van der Waals surface area contributed by atoms with Crippen LogP contribution in [0.4, 0.5) is 14.5 Å². The summed E-state index contributed by atoms with van der Waals surface area (Å²) in [6.07, 6.45) is -0.0615. The molecule has 2 fully saturated rings. The zero-order chi connectivity index (χ0) is 20.4. The van der Waals surface area contributed by atoms with Crippen molar-refractivity contribution in [3.8, 4) is 0 Å². The number of aliphatic hydroxyl groups is 1. The van der Waals surface area contributed by atoms with Crippen LogP contribution in [0.15, 0.2) is 29.3 Å². The minimum atomic E-state index is -2.60. The van der Waals surface area contributed by atoms with Gasteiger partial charge in [-0.15, -0.1) is 0 Å². The molecule has 0 saturated carbocycles. The highest BCUT2D eigenvalue weighted by Crippen LogP contribution is 2.24. The Morgan fingerprint density at radius 1 is 1.17 bits per heavy atom. The molecular weight excluding hydrogens is 382 g/mol. The standard InChI is InChI=1S/C20H26F2N4O3/c21-18(22)12-26-14-23-17-11-15(1-2-16(17)19(26)27)25-7-5-24(6-8-25)13-20(28)3-9-29-10-4-20/h1-2,11,14,18,28H,3-10,12-13H2. The van der Waals surface area contributed by atoms with Gasteiger partial charge in [-0.2, -0.15) is 0 Å². The Bertz CT molecular complexity index is 906. The van der Waals surface area contributed by atoms with Gasteiger partial charge in [-0.05, 0) is 18.2 Å². The molecule has 0 spiro atoms. The number of hydrogen-bond acceptors (Lipinski definition) is 6. The Morgan fingerprint density at radius 2 is 1.90 bits per heavy atom. The van der Waals surface area contributed by atoms with Crippen molar-refractivity contribution in [2.45, 2.75) is 31.4 Å². The summed E-state index contributed by atoms with van der Waals surface area (Å²) < 4.78 is 31.5. The van der Waals surface area contributed by atoms with Gasteiger partial charge in [-0.25, -0.2) is 13.8 Å². The van der Waals surface area contributed by atoms with E-state index < -0.39 is 24.1 Å². The number of halogens is 2. The molecule has 7 nitrogen and oxygen atoms in total. The summed E-state index contributed by atoms with van der Waals surface area (Å²) in [6, 6.07) is 5.35. The van der Waals surface area contributed by atoms with Crippen molar-refractivity contribution >= 4 is 16.6 Å². The molecule has 0 unspecified atom stereocenters. The summed E-state index contributed by atoms with van der Waals surface area (Å²) >= 11 is 0. The number of β-amino-alcohol motifs (C(OH)–C–C–N with tert-alkyl or cyclic N) is 1. The predicted molar refractivity (Wildman–Crippen MR) is 106 cm³/mol. The van der Waals surface area contributed by atoms with E-state index in [4.69, 9.17) is 4.74 Å². The summed E-state index contributed by atoms with van der Waals surface area (Å²) in [6.45, 7) is 4.52. The van der Waals surface area contributed by atoms with Crippen LogP contribution in [0, 0.1) is 0 Å². The highest BCUT2D eigenvalue weighted by molar-refractivity contribution is 5.81. The van der Waals surface area contributed by atoms with E-state index in [1.54, 1.807) is 6.07 Å². The second kappa shape index (κ2) is 8.33. The zero-order valence-electron chi connectivity index (χ0n) is 16.3. The number of benzene rings is 1. The molecule has 29 heavy (non-hydrogen) atoms. The molecule has 3 heterocycles. The Hall–Kier alpha value is -2.10. The summed E-state index contributed by atoms with van der Waals surface area (Å²) in [7, 11) is 0. The predicted octanol–water partition coefficient (Wildman–Crippen LogP) is 1.33. The van der Waals surface area contributed by atoms with Crippen molar-refractivity contribution in [2.75, 3.05) is 50.8 Å². The summed E-state index contributed by atoms with van der Waals surface area (Å²) in [5, 5.41) is 11.1. The second-order valence-corrected chi connectivity index (χ2v) is 7.89. The maximum Gasteiger partial charge on any atom is 0.261 e. The normalized spacial score (nSPS) is 20.5. The number of piperazine rings is 1. The number of rotatable bonds is 5. The first-order valence-electron chi connectivity index (χ1n) is 9.98. The van der Waals surface area contributed by atoms with Crippen LogP contribution >= 0.6 is 0 Å². The van der Waals surface area contributed by atoms with E-state index in [1.807, 2.05) is 12.1 Å². The van der Waals surface area contributed by atoms with Gasteiger partial charge in [-0.3, -0.25) is 14.3 Å². The first-order valence-corrected chi connectivity index (χ1v) is 9.98. The molecule has 1 N–H and O–H groups in total. The van der Waals surface area contributed by atoms with Gasteiger partial charge in [0, 0.05) is 64.5 Å². The largest absolute Gasteiger partial charge is 0.388 e. The fourth-order valence-electron chi connectivity index (χ4n) is 4.11. The van der Waals surface area contributed by atoms with E-state index in [-0.39, 0.29) is 0 Å². The number of fused-ring (bicyclic) bond motifs is 1. The maximum absolute atomic E-state index is 12.6. The van der Waals surface area contributed by atoms with E-state index in [1.165, 1.54) is 6.33 Å². The molecule has 0 amide bonds. The third kappa shape index (κ3) is 4.57. The van der Waals surface area contributed by atoms with Gasteiger partial charge in [0.1, 0.15) is 0 Å². The molecule has 4 rings (SSSR count). The highest BCUT2D eigenvalue weighted by Gasteiger charge is 2.33. The summed E-state index contributed by atoms with van der Waals surface area (Å²) in [5.74, 6) is 0. The molecule has 2 aliphatic heterocycles. The maximum atomic E-state index is 12.6. The second-order valence-electron chi connectivity index (χ2n) is 7.89. The molecule has 0 bridgehead atoms. The van der Waals surface area contributed by atoms with E-state index in [2.05, 4.69) is 14.8 Å². The van der Waals surface area contributed by atoms with Crippen LogP contribution in [-0.4, -0.2) is 77.5 Å². The first kappa shape index (κ1) is 20.2. The first-order chi connectivity index (χ1) is 13.9. The number of alkyl halides is 2. The Labute approximate surface area is 167 Å². The van der Waals surface area contributed by atoms with Crippen molar-refractivity contribution in [3.05, 3.63) is 34.9 Å². The zero-order valence-corrected chi connectivity index (χ0v) is 16.3. The molecule has 0 aliphatic carbocycles. The topological polar surface area (TPSA) is 70.8 Å². The molecule has 2 aliphatic rings. The van der Waals surface area contributed by atoms with Crippen molar-refractivity contribution in [3.63, 3.8) is 0 Å². The van der Waals surface area contributed by atoms with Gasteiger partial charge in [0.15, 0.2) is 0 Å². The third-order valence-corrected chi connectivity index (χ3v) is 5.82. The lowest BCUT2D eigenvalue weighted by molar-refractivity contribution is -0.0802. The lowest BCUT2D eigenvalue weighted by atomic mass is 9.93. The minimum Gasteiger partial charge on any atom is -0.388 e. The van der Waals surface area contributed by atoms with E-state index in [0.717, 1.165) is 36.4 Å². The van der Waals surface area contributed by atoms with Crippen molar-refractivity contribution in [1.29, 1.82) is 0 Å². The van der Waals surface area contributed by atoms with Crippen LogP contribution in [0.25, 0.3) is 10.9 Å². The summed E-state index contributed by atoms with van der Waals surface area (Å²) in [4.78, 5) is 21.1. The molecule has 2 saturated heterocycles. The Kier molecular flexibility index (Phi) is 5.80. The number of aromatic nitrogens is 2. The number of anilines is 1. The smallest absolute Gasteiger partial charge is 0.261 e. The quantitative estimate of drug-likeness (QED) is 0.805. The van der Waals surface area contributed by atoms with Crippen LogP contribution in [0.5, 0.6) is 0 Å². The summed E-state index contributed by atoms with van der Waals surface area (Å²) in [5.41, 5.74) is 0.361. The fraction of sp³-hybridized carbons (Fsp3) is 0.600. The van der Waals surface area contributed by atoms with E-state index in [0.29, 0.717) is 43.5 Å². The van der Waals surface area contributed by atoms with Gasteiger partial charge >= 0.3 is 0 Å². The number of hydrogen-bond donors (Lipinski definition) is 1. The lowest BCUT2D eigenvalue weighted by Gasteiger charge is -2.41. The molecule has 1 aromatic heterocycles. The van der Waals surface area contributed by atoms with Gasteiger partial charge in [0.2, 0.25) is 0 Å².